The maximum atomic E-state index is 13.6. The highest BCUT2D eigenvalue weighted by Crippen LogP contribution is 2.11. The van der Waals surface area contributed by atoms with E-state index in [4.69, 9.17) is 15.9 Å². The van der Waals surface area contributed by atoms with Crippen molar-refractivity contribution in [2.24, 2.45) is 17.6 Å². The summed E-state index contributed by atoms with van der Waals surface area (Å²) in [4.78, 5) is 89.2. The van der Waals surface area contributed by atoms with Crippen LogP contribution in [0, 0.1) is 11.8 Å². The van der Waals surface area contributed by atoms with E-state index in [1.807, 2.05) is 40.9 Å². The molecule has 0 saturated heterocycles. The van der Waals surface area contributed by atoms with Gasteiger partial charge in [-0.25, -0.2) is 4.79 Å². The Bertz CT molecular complexity index is 1110. The molecule has 10 N–H and O–H groups in total. The molecule has 0 aliphatic rings. The third-order valence-electron chi connectivity index (χ3n) is 7.43. The number of hydrogen-bond donors (Lipinski definition) is 9. The molecule has 0 aliphatic carbocycles. The van der Waals surface area contributed by atoms with Crippen LogP contribution < -0.4 is 37.6 Å². The van der Waals surface area contributed by atoms with Crippen molar-refractivity contribution in [1.29, 1.82) is 0 Å². The van der Waals surface area contributed by atoms with Crippen molar-refractivity contribution in [3.05, 3.63) is 0 Å². The zero-order chi connectivity index (χ0) is 37.8. The van der Waals surface area contributed by atoms with Crippen molar-refractivity contribution < 1.29 is 43.8 Å². The molecule has 0 aliphatic heterocycles. The quantitative estimate of drug-likeness (QED) is 0.0608. The Kier molecular flexibility index (Phi) is 22.2. The molecule has 6 amide bonds. The number of unbranched alkanes of at least 4 members (excludes halogenated alkanes) is 1. The number of aliphatic carboxylic acids is 1. The molecule has 0 spiro atoms. The molecule has 0 fully saturated rings. The van der Waals surface area contributed by atoms with E-state index in [2.05, 4.69) is 31.9 Å². The van der Waals surface area contributed by atoms with Crippen LogP contribution in [-0.4, -0.2) is 113 Å². The SMILES string of the molecule is CCCC[C@H](N)C(=O)N[C@@H](CC(C)C)C(=O)N[C@@H](CC(C)C)C(=O)N[C@@H](CCSC)C(=O)N[C@@H](C)C(=O)N[C@@H](C)C(=O)N[C@@H](CO)C(=O)O. The van der Waals surface area contributed by atoms with Crippen molar-refractivity contribution >= 4 is 53.2 Å². The van der Waals surface area contributed by atoms with E-state index in [9.17, 15) is 33.6 Å². The summed E-state index contributed by atoms with van der Waals surface area (Å²) in [5.74, 6) is -4.85. The van der Waals surface area contributed by atoms with Gasteiger partial charge in [-0.15, -0.1) is 0 Å². The second kappa shape index (κ2) is 23.8. The fourth-order valence-corrected chi connectivity index (χ4v) is 5.03. The van der Waals surface area contributed by atoms with Gasteiger partial charge in [-0.2, -0.15) is 11.8 Å². The number of nitrogens with one attached hydrogen (secondary N) is 6. The molecule has 0 radical (unpaired) electrons. The molecule has 0 aromatic carbocycles. The van der Waals surface area contributed by atoms with Crippen LogP contribution in [-0.2, 0) is 33.6 Å². The van der Waals surface area contributed by atoms with E-state index in [1.165, 1.54) is 25.6 Å². The standard InChI is InChI=1S/C32H59N7O9S/c1-9-10-11-21(33)28(43)37-23(14-17(2)3)31(46)38-24(15-18(4)5)30(45)36-22(12-13-49-8)29(44)35-19(6)26(41)34-20(7)27(42)39-25(16-40)32(47)48/h17-25,40H,9-16,33H2,1-8H3,(H,34,41)(H,35,44)(H,36,45)(H,37,43)(H,38,46)(H,39,42)(H,47,48)/t19-,20-,21-,22-,23-,24-,25-/m0/s1. The Morgan fingerprint density at radius 1 is 0.612 bits per heavy atom. The third-order valence-corrected chi connectivity index (χ3v) is 8.07. The van der Waals surface area contributed by atoms with Crippen molar-refractivity contribution in [3.63, 3.8) is 0 Å². The minimum absolute atomic E-state index is 0.0267. The summed E-state index contributed by atoms with van der Waals surface area (Å²) in [7, 11) is 0. The molecule has 7 atom stereocenters. The van der Waals surface area contributed by atoms with E-state index < -0.39 is 90.3 Å². The van der Waals surface area contributed by atoms with Crippen LogP contribution in [0.4, 0.5) is 0 Å². The second-order valence-electron chi connectivity index (χ2n) is 13.0. The van der Waals surface area contributed by atoms with Crippen molar-refractivity contribution in [3.8, 4) is 0 Å². The van der Waals surface area contributed by atoms with Gasteiger partial charge in [0.25, 0.3) is 0 Å². The highest BCUT2D eigenvalue weighted by atomic mass is 32.2. The van der Waals surface area contributed by atoms with Gasteiger partial charge in [0.1, 0.15) is 36.3 Å². The van der Waals surface area contributed by atoms with Gasteiger partial charge in [0.05, 0.1) is 12.6 Å². The first-order chi connectivity index (χ1) is 22.9. The number of amides is 6. The van der Waals surface area contributed by atoms with Crippen LogP contribution in [0.1, 0.15) is 87.0 Å². The summed E-state index contributed by atoms with van der Waals surface area (Å²) >= 11 is 1.44. The zero-order valence-electron chi connectivity index (χ0n) is 30.1. The van der Waals surface area contributed by atoms with E-state index in [1.54, 1.807) is 0 Å². The van der Waals surface area contributed by atoms with E-state index in [-0.39, 0.29) is 24.7 Å². The smallest absolute Gasteiger partial charge is 0.328 e. The van der Waals surface area contributed by atoms with Gasteiger partial charge >= 0.3 is 5.97 Å². The molecule has 0 bridgehead atoms. The molecule has 49 heavy (non-hydrogen) atoms. The van der Waals surface area contributed by atoms with Gasteiger partial charge in [-0.1, -0.05) is 47.5 Å². The van der Waals surface area contributed by atoms with E-state index >= 15 is 0 Å². The number of aliphatic hydroxyl groups is 1. The molecule has 0 unspecified atom stereocenters. The van der Waals surface area contributed by atoms with Gasteiger partial charge in [0.2, 0.25) is 35.4 Å². The van der Waals surface area contributed by atoms with Gasteiger partial charge in [-0.05, 0) is 63.4 Å². The van der Waals surface area contributed by atoms with Crippen LogP contribution in [0.3, 0.4) is 0 Å². The van der Waals surface area contributed by atoms with Gasteiger partial charge in [0.15, 0.2) is 0 Å². The number of carbonyl (C=O) groups excluding carboxylic acids is 6. The van der Waals surface area contributed by atoms with Crippen LogP contribution in [0.2, 0.25) is 0 Å². The first kappa shape index (κ1) is 45.6. The highest BCUT2D eigenvalue weighted by molar-refractivity contribution is 7.98. The van der Waals surface area contributed by atoms with Gasteiger partial charge in [-0.3, -0.25) is 28.8 Å². The minimum atomic E-state index is -1.55. The molecule has 17 heteroatoms. The van der Waals surface area contributed by atoms with E-state index in [0.717, 1.165) is 12.8 Å². The van der Waals surface area contributed by atoms with Crippen molar-refractivity contribution in [2.75, 3.05) is 18.6 Å². The number of aliphatic hydroxyl groups excluding tert-OH is 1. The summed E-state index contributed by atoms with van der Waals surface area (Å²) in [6.07, 6.45) is 4.68. The maximum absolute atomic E-state index is 13.6. The lowest BCUT2D eigenvalue weighted by Gasteiger charge is -2.28. The third kappa shape index (κ3) is 18.2. The molecule has 0 heterocycles. The summed E-state index contributed by atoms with van der Waals surface area (Å²) < 4.78 is 0. The lowest BCUT2D eigenvalue weighted by Crippen LogP contribution is -2.59. The maximum Gasteiger partial charge on any atom is 0.328 e. The first-order valence-corrected chi connectivity index (χ1v) is 18.2. The number of thioether (sulfide) groups is 1. The normalized spacial score (nSPS) is 15.5. The number of carboxylic acid groups (broad SMARTS) is 1. The molecule has 282 valence electrons. The molecular weight excluding hydrogens is 658 g/mol. The number of nitrogens with two attached hydrogens (primary N) is 1. The Morgan fingerprint density at radius 3 is 1.45 bits per heavy atom. The zero-order valence-corrected chi connectivity index (χ0v) is 30.9. The number of carbonyl (C=O) groups is 7. The van der Waals surface area contributed by atoms with E-state index in [0.29, 0.717) is 18.6 Å². The van der Waals surface area contributed by atoms with Crippen molar-refractivity contribution in [1.82, 2.24) is 31.9 Å². The molecule has 16 nitrogen and oxygen atoms in total. The predicted octanol–water partition coefficient (Wildman–Crippen LogP) is -0.625. The number of rotatable bonds is 24. The molecular formula is C32H59N7O9S. The largest absolute Gasteiger partial charge is 0.480 e. The summed E-state index contributed by atoms with van der Waals surface area (Å²) in [5.41, 5.74) is 6.03. The fourth-order valence-electron chi connectivity index (χ4n) is 4.55. The van der Waals surface area contributed by atoms with Gasteiger partial charge < -0.3 is 47.8 Å². The Morgan fingerprint density at radius 2 is 1.02 bits per heavy atom. The van der Waals surface area contributed by atoms with Crippen molar-refractivity contribution in [2.45, 2.75) is 129 Å². The first-order valence-electron chi connectivity index (χ1n) is 16.8. The second-order valence-corrected chi connectivity index (χ2v) is 14.0. The lowest BCUT2D eigenvalue weighted by atomic mass is 9.99. The molecule has 0 aromatic heterocycles. The average molecular weight is 718 g/mol. The Balaban J connectivity index is 5.74. The summed E-state index contributed by atoms with van der Waals surface area (Å²) in [5, 5.41) is 33.3. The highest BCUT2D eigenvalue weighted by Gasteiger charge is 2.32. The Labute approximate surface area is 294 Å². The predicted molar refractivity (Wildman–Crippen MR) is 187 cm³/mol. The monoisotopic (exact) mass is 717 g/mol. The average Bonchev–Trinajstić information content (AvgIpc) is 3.02. The molecule has 0 aromatic rings. The summed E-state index contributed by atoms with van der Waals surface area (Å²) in [6, 6.07) is -7.71. The lowest BCUT2D eigenvalue weighted by molar-refractivity contribution is -0.143. The molecule has 0 saturated carbocycles. The minimum Gasteiger partial charge on any atom is -0.480 e. The number of hydrogen-bond acceptors (Lipinski definition) is 10. The molecule has 0 rings (SSSR count). The van der Waals surface area contributed by atoms with Crippen LogP contribution in [0.15, 0.2) is 0 Å². The van der Waals surface area contributed by atoms with Crippen LogP contribution in [0.25, 0.3) is 0 Å². The number of carboxylic acids is 1. The van der Waals surface area contributed by atoms with Crippen LogP contribution >= 0.6 is 11.8 Å². The fraction of sp³-hybridized carbons (Fsp3) is 0.781. The van der Waals surface area contributed by atoms with Crippen LogP contribution in [0.5, 0.6) is 0 Å². The Hall–Kier alpha value is -3.44. The van der Waals surface area contributed by atoms with Gasteiger partial charge in [0, 0.05) is 0 Å². The topological polar surface area (TPSA) is 258 Å². The summed E-state index contributed by atoms with van der Waals surface area (Å²) in [6.45, 7) is 11.4.